The van der Waals surface area contributed by atoms with Gasteiger partial charge in [-0.15, -0.1) is 0 Å². The van der Waals surface area contributed by atoms with Gasteiger partial charge in [-0.25, -0.2) is 0 Å². The van der Waals surface area contributed by atoms with Gasteiger partial charge in [0.25, 0.3) is 0 Å². The maximum atomic E-state index is 4.63. The zero-order chi connectivity index (χ0) is 15.8. The number of rotatable bonds is 2. The first-order chi connectivity index (χ1) is 11.2. The second-order valence-electron chi connectivity index (χ2n) is 5.92. The monoisotopic (exact) mass is 298 g/mol. The van der Waals surface area contributed by atoms with Gasteiger partial charge in [-0.3, -0.25) is 4.98 Å². The largest absolute Gasteiger partial charge is 0.350 e. The first-order valence-electron chi connectivity index (χ1n) is 7.80. The molecule has 23 heavy (non-hydrogen) atoms. The molecule has 0 N–H and O–H groups in total. The first kappa shape index (κ1) is 13.8. The van der Waals surface area contributed by atoms with E-state index in [1.54, 1.807) is 0 Å². The molecule has 0 saturated heterocycles. The van der Waals surface area contributed by atoms with Gasteiger partial charge in [0.1, 0.15) is 0 Å². The van der Waals surface area contributed by atoms with Crippen molar-refractivity contribution in [3.63, 3.8) is 0 Å². The molecule has 2 aromatic heterocycles. The fraction of sp³-hybridized carbons (Fsp3) is 0.0952. The van der Waals surface area contributed by atoms with Gasteiger partial charge in [0.05, 0.1) is 5.69 Å². The van der Waals surface area contributed by atoms with Crippen molar-refractivity contribution in [2.75, 3.05) is 0 Å². The standard InChI is InChI=1S/C21H18N2/c1-15-7-6-10-20-21(15)18(14-23(20)2)19-13-17(11-12-22-19)16-8-4-3-5-9-16/h3-14H,1-2H3. The van der Waals surface area contributed by atoms with E-state index >= 15 is 0 Å². The number of pyridine rings is 1. The average molecular weight is 298 g/mol. The Morgan fingerprint density at radius 2 is 1.70 bits per heavy atom. The van der Waals surface area contributed by atoms with Gasteiger partial charge < -0.3 is 4.57 Å². The van der Waals surface area contributed by atoms with E-state index in [2.05, 4.69) is 84.3 Å². The van der Waals surface area contributed by atoms with E-state index in [0.717, 1.165) is 5.69 Å². The molecule has 0 amide bonds. The smallest absolute Gasteiger partial charge is 0.0729 e. The Labute approximate surface area is 136 Å². The summed E-state index contributed by atoms with van der Waals surface area (Å²) in [6, 6.07) is 21.1. The zero-order valence-electron chi connectivity index (χ0n) is 13.3. The number of benzene rings is 2. The highest BCUT2D eigenvalue weighted by atomic mass is 14.9. The summed E-state index contributed by atoms with van der Waals surface area (Å²) in [7, 11) is 2.09. The molecular weight excluding hydrogens is 280 g/mol. The highest BCUT2D eigenvalue weighted by molar-refractivity contribution is 5.98. The average Bonchev–Trinajstić information content (AvgIpc) is 2.94. The Bertz CT molecular complexity index is 981. The van der Waals surface area contributed by atoms with Crippen molar-refractivity contribution in [1.29, 1.82) is 0 Å². The van der Waals surface area contributed by atoms with Crippen LogP contribution in [0.2, 0.25) is 0 Å². The van der Waals surface area contributed by atoms with Crippen LogP contribution in [0.5, 0.6) is 0 Å². The summed E-state index contributed by atoms with van der Waals surface area (Å²) in [6.07, 6.45) is 4.07. The highest BCUT2D eigenvalue weighted by Gasteiger charge is 2.12. The lowest BCUT2D eigenvalue weighted by atomic mass is 10.0. The van der Waals surface area contributed by atoms with Crippen molar-refractivity contribution in [2.45, 2.75) is 6.92 Å². The molecule has 0 aliphatic heterocycles. The fourth-order valence-corrected chi connectivity index (χ4v) is 3.21. The highest BCUT2D eigenvalue weighted by Crippen LogP contribution is 2.33. The number of aryl methyl sites for hydroxylation is 2. The van der Waals surface area contributed by atoms with E-state index in [4.69, 9.17) is 0 Å². The molecule has 0 bridgehead atoms. The summed E-state index contributed by atoms with van der Waals surface area (Å²) >= 11 is 0. The summed E-state index contributed by atoms with van der Waals surface area (Å²) < 4.78 is 2.18. The van der Waals surface area contributed by atoms with Crippen molar-refractivity contribution in [2.24, 2.45) is 7.05 Å². The molecule has 2 heteroatoms. The number of hydrogen-bond donors (Lipinski definition) is 0. The maximum Gasteiger partial charge on any atom is 0.0729 e. The van der Waals surface area contributed by atoms with E-state index in [-0.39, 0.29) is 0 Å². The van der Waals surface area contributed by atoms with E-state index in [1.165, 1.54) is 33.2 Å². The third kappa shape index (κ3) is 2.33. The molecule has 0 saturated carbocycles. The van der Waals surface area contributed by atoms with Crippen LogP contribution in [0.25, 0.3) is 33.3 Å². The topological polar surface area (TPSA) is 17.8 Å². The minimum atomic E-state index is 1.02. The summed E-state index contributed by atoms with van der Waals surface area (Å²) in [5.41, 5.74) is 7.15. The number of fused-ring (bicyclic) bond motifs is 1. The molecule has 0 aliphatic carbocycles. The lowest BCUT2D eigenvalue weighted by Crippen LogP contribution is -1.85. The van der Waals surface area contributed by atoms with Crippen LogP contribution in [-0.2, 0) is 7.05 Å². The lowest BCUT2D eigenvalue weighted by molar-refractivity contribution is 0.969. The van der Waals surface area contributed by atoms with Crippen LogP contribution in [0.1, 0.15) is 5.56 Å². The van der Waals surface area contributed by atoms with Gasteiger partial charge in [0, 0.05) is 35.9 Å². The van der Waals surface area contributed by atoms with Gasteiger partial charge in [0.2, 0.25) is 0 Å². The van der Waals surface area contributed by atoms with Gasteiger partial charge in [-0.05, 0) is 41.8 Å². The zero-order valence-corrected chi connectivity index (χ0v) is 13.3. The summed E-state index contributed by atoms with van der Waals surface area (Å²) in [6.45, 7) is 2.16. The van der Waals surface area contributed by atoms with Crippen LogP contribution in [0.15, 0.2) is 73.1 Å². The van der Waals surface area contributed by atoms with Crippen LogP contribution in [0.4, 0.5) is 0 Å². The van der Waals surface area contributed by atoms with E-state index in [1.807, 2.05) is 12.3 Å². The molecule has 4 rings (SSSR count). The fourth-order valence-electron chi connectivity index (χ4n) is 3.21. The van der Waals surface area contributed by atoms with Crippen LogP contribution in [0.3, 0.4) is 0 Å². The van der Waals surface area contributed by atoms with Crippen molar-refractivity contribution >= 4 is 10.9 Å². The summed E-state index contributed by atoms with van der Waals surface area (Å²) in [5, 5.41) is 1.28. The number of hydrogen-bond acceptors (Lipinski definition) is 1. The van der Waals surface area contributed by atoms with Gasteiger partial charge in [0.15, 0.2) is 0 Å². The van der Waals surface area contributed by atoms with Crippen molar-refractivity contribution in [3.8, 4) is 22.4 Å². The third-order valence-corrected chi connectivity index (χ3v) is 4.37. The molecule has 0 spiro atoms. The molecule has 2 heterocycles. The van der Waals surface area contributed by atoms with E-state index in [9.17, 15) is 0 Å². The number of aromatic nitrogens is 2. The van der Waals surface area contributed by atoms with Crippen LogP contribution >= 0.6 is 0 Å². The summed E-state index contributed by atoms with van der Waals surface area (Å²) in [4.78, 5) is 4.63. The quantitative estimate of drug-likeness (QED) is 0.496. The Kier molecular flexibility index (Phi) is 3.23. The van der Waals surface area contributed by atoms with E-state index in [0.29, 0.717) is 0 Å². The molecular formula is C21H18N2. The second-order valence-corrected chi connectivity index (χ2v) is 5.92. The minimum Gasteiger partial charge on any atom is -0.350 e. The van der Waals surface area contributed by atoms with Crippen LogP contribution < -0.4 is 0 Å². The molecule has 0 fully saturated rings. The Hall–Kier alpha value is -2.87. The Morgan fingerprint density at radius 3 is 2.52 bits per heavy atom. The molecule has 0 aliphatic rings. The SMILES string of the molecule is Cc1cccc2c1c(-c1cc(-c3ccccc3)ccn1)cn2C. The van der Waals surface area contributed by atoms with Gasteiger partial charge in [-0.1, -0.05) is 42.5 Å². The molecule has 2 aromatic carbocycles. The molecule has 112 valence electrons. The molecule has 4 aromatic rings. The predicted octanol–water partition coefficient (Wildman–Crippen LogP) is 5.22. The maximum absolute atomic E-state index is 4.63. The van der Waals surface area contributed by atoms with Crippen LogP contribution in [0, 0.1) is 6.92 Å². The van der Waals surface area contributed by atoms with Gasteiger partial charge in [-0.2, -0.15) is 0 Å². The predicted molar refractivity (Wildman–Crippen MR) is 96.3 cm³/mol. The van der Waals surface area contributed by atoms with Gasteiger partial charge >= 0.3 is 0 Å². The first-order valence-corrected chi connectivity index (χ1v) is 7.80. The van der Waals surface area contributed by atoms with Crippen molar-refractivity contribution in [3.05, 3.63) is 78.6 Å². The van der Waals surface area contributed by atoms with Crippen LogP contribution in [-0.4, -0.2) is 9.55 Å². The second kappa shape index (κ2) is 5.40. The Morgan fingerprint density at radius 1 is 0.870 bits per heavy atom. The normalized spacial score (nSPS) is 11.0. The van der Waals surface area contributed by atoms with E-state index < -0.39 is 0 Å². The molecule has 0 radical (unpaired) electrons. The minimum absolute atomic E-state index is 1.02. The molecule has 2 nitrogen and oxygen atoms in total. The van der Waals surface area contributed by atoms with Crippen molar-refractivity contribution in [1.82, 2.24) is 9.55 Å². The lowest BCUT2D eigenvalue weighted by Gasteiger charge is -2.05. The Balaban J connectivity index is 1.93. The molecule has 0 atom stereocenters. The number of nitrogens with zero attached hydrogens (tertiary/aromatic N) is 2. The molecule has 0 unspecified atom stereocenters. The third-order valence-electron chi connectivity index (χ3n) is 4.37. The summed E-state index contributed by atoms with van der Waals surface area (Å²) in [5.74, 6) is 0. The van der Waals surface area contributed by atoms with Crippen molar-refractivity contribution < 1.29 is 0 Å².